The van der Waals surface area contributed by atoms with Crippen LogP contribution in [0.3, 0.4) is 0 Å². The van der Waals surface area contributed by atoms with Crippen molar-refractivity contribution in [1.82, 2.24) is 4.90 Å². The van der Waals surface area contributed by atoms with Crippen LogP contribution in [0.2, 0.25) is 0 Å². The molecule has 1 aromatic carbocycles. The first-order valence-corrected chi connectivity index (χ1v) is 7.51. The van der Waals surface area contributed by atoms with Gasteiger partial charge in [-0.3, -0.25) is 9.69 Å². The van der Waals surface area contributed by atoms with Crippen LogP contribution in [0.4, 0.5) is 5.69 Å². The highest BCUT2D eigenvalue weighted by Crippen LogP contribution is 2.20. The quantitative estimate of drug-likeness (QED) is 0.710. The summed E-state index contributed by atoms with van der Waals surface area (Å²) in [5, 5.41) is 12.2. The maximum Gasteiger partial charge on any atom is 0.241 e. The van der Waals surface area contributed by atoms with Crippen LogP contribution >= 0.6 is 12.2 Å². The number of aliphatic hydroxyl groups excluding tert-OH is 1. The lowest BCUT2D eigenvalue weighted by Crippen LogP contribution is -2.45. The average Bonchev–Trinajstić information content (AvgIpc) is 2.95. The molecule has 1 aliphatic heterocycles. The number of anilines is 1. The van der Waals surface area contributed by atoms with E-state index < -0.39 is 0 Å². The number of rotatable bonds is 5. The first kappa shape index (κ1) is 15.9. The van der Waals surface area contributed by atoms with Gasteiger partial charge in [-0.2, -0.15) is 0 Å². The van der Waals surface area contributed by atoms with Gasteiger partial charge in [-0.05, 0) is 50.6 Å². The van der Waals surface area contributed by atoms with Gasteiger partial charge in [0, 0.05) is 17.3 Å². The molecule has 0 aromatic heterocycles. The van der Waals surface area contributed by atoms with Crippen molar-refractivity contribution in [1.29, 1.82) is 0 Å². The highest BCUT2D eigenvalue weighted by molar-refractivity contribution is 7.80. The van der Waals surface area contributed by atoms with Gasteiger partial charge in [0.25, 0.3) is 0 Å². The van der Waals surface area contributed by atoms with Gasteiger partial charge in [-0.25, -0.2) is 0 Å². The number of nitrogens with two attached hydrogens (primary N) is 1. The van der Waals surface area contributed by atoms with Crippen molar-refractivity contribution in [2.45, 2.75) is 31.8 Å². The topological polar surface area (TPSA) is 78.6 Å². The predicted octanol–water partition coefficient (Wildman–Crippen LogP) is 1.10. The lowest BCUT2D eigenvalue weighted by molar-refractivity contribution is -0.121. The van der Waals surface area contributed by atoms with Crippen LogP contribution in [0.1, 0.15) is 25.3 Å². The summed E-state index contributed by atoms with van der Waals surface area (Å²) in [6, 6.07) is 6.96. The molecule has 0 spiro atoms. The number of carbonyl (C=O) groups excluding carboxylic acids is 1. The molecule has 1 saturated heterocycles. The largest absolute Gasteiger partial charge is 0.395 e. The molecule has 0 radical (unpaired) electrons. The molecule has 2 rings (SSSR count). The van der Waals surface area contributed by atoms with E-state index in [-0.39, 0.29) is 24.6 Å². The molecule has 1 heterocycles. The average molecular weight is 307 g/mol. The molecule has 0 bridgehead atoms. The lowest BCUT2D eigenvalue weighted by Gasteiger charge is -2.28. The van der Waals surface area contributed by atoms with Crippen molar-refractivity contribution in [3.8, 4) is 0 Å². The zero-order valence-electron chi connectivity index (χ0n) is 12.1. The zero-order chi connectivity index (χ0) is 15.4. The molecule has 2 atom stereocenters. The van der Waals surface area contributed by atoms with Crippen molar-refractivity contribution in [3.63, 3.8) is 0 Å². The molecule has 1 aromatic rings. The number of hydrogen-bond acceptors (Lipinski definition) is 4. The zero-order valence-corrected chi connectivity index (χ0v) is 12.9. The van der Waals surface area contributed by atoms with E-state index in [0.29, 0.717) is 10.7 Å². The number of nitrogens with one attached hydrogen (secondary N) is 1. The standard InChI is InChI=1S/C15H21N3O2S/c1-10(18-8-2-3-13(18)9-19)15(20)17-12-6-4-11(5-7-12)14(16)21/h4-7,10,13,19H,2-3,8-9H2,1H3,(H2,16,21)(H,17,20). The number of amides is 1. The predicted molar refractivity (Wildman–Crippen MR) is 87.2 cm³/mol. The fourth-order valence-corrected chi connectivity index (χ4v) is 2.82. The maximum absolute atomic E-state index is 12.3. The normalized spacial score (nSPS) is 20.2. The third-order valence-electron chi connectivity index (χ3n) is 3.95. The van der Waals surface area contributed by atoms with Crippen LogP contribution in [-0.4, -0.2) is 46.1 Å². The maximum atomic E-state index is 12.3. The smallest absolute Gasteiger partial charge is 0.241 e. The van der Waals surface area contributed by atoms with Gasteiger partial charge in [0.1, 0.15) is 4.99 Å². The molecule has 4 N–H and O–H groups in total. The molecule has 0 aliphatic carbocycles. The number of thiocarbonyl (C=S) groups is 1. The Balaban J connectivity index is 1.98. The number of aliphatic hydroxyl groups is 1. The third kappa shape index (κ3) is 3.78. The van der Waals surface area contributed by atoms with Crippen LogP contribution in [0.5, 0.6) is 0 Å². The molecule has 6 heteroatoms. The van der Waals surface area contributed by atoms with Gasteiger partial charge in [0.2, 0.25) is 5.91 Å². The summed E-state index contributed by atoms with van der Waals surface area (Å²) in [6.07, 6.45) is 1.96. The molecule has 1 aliphatic rings. The van der Waals surface area contributed by atoms with Crippen LogP contribution in [0, 0.1) is 0 Å². The van der Waals surface area contributed by atoms with E-state index in [1.807, 2.05) is 6.92 Å². The third-order valence-corrected chi connectivity index (χ3v) is 4.18. The van der Waals surface area contributed by atoms with Gasteiger partial charge in [0.05, 0.1) is 12.6 Å². The highest BCUT2D eigenvalue weighted by Gasteiger charge is 2.31. The molecule has 1 fully saturated rings. The first-order valence-electron chi connectivity index (χ1n) is 7.10. The molecule has 0 saturated carbocycles. The Morgan fingerprint density at radius 2 is 2.19 bits per heavy atom. The Morgan fingerprint density at radius 1 is 1.52 bits per heavy atom. The lowest BCUT2D eigenvalue weighted by atomic mass is 10.2. The molecule has 1 amide bonds. The van der Waals surface area contributed by atoms with E-state index in [2.05, 4.69) is 10.2 Å². The molecule has 2 unspecified atom stereocenters. The molecular formula is C15H21N3O2S. The summed E-state index contributed by atoms with van der Waals surface area (Å²) in [4.78, 5) is 14.7. The van der Waals surface area contributed by atoms with Crippen molar-refractivity contribution in [2.24, 2.45) is 5.73 Å². The summed E-state index contributed by atoms with van der Waals surface area (Å²) < 4.78 is 0. The second-order valence-corrected chi connectivity index (χ2v) is 5.76. The van der Waals surface area contributed by atoms with Crippen molar-refractivity contribution >= 4 is 28.8 Å². The second kappa shape index (κ2) is 6.98. The number of carbonyl (C=O) groups is 1. The number of likely N-dealkylation sites (tertiary alicyclic amines) is 1. The molecular weight excluding hydrogens is 286 g/mol. The fourth-order valence-electron chi connectivity index (χ4n) is 2.68. The number of hydrogen-bond donors (Lipinski definition) is 3. The van der Waals surface area contributed by atoms with Gasteiger partial charge >= 0.3 is 0 Å². The Labute approximate surface area is 130 Å². The molecule has 5 nitrogen and oxygen atoms in total. The van der Waals surface area contributed by atoms with E-state index in [1.165, 1.54) is 0 Å². The minimum atomic E-state index is -0.264. The van der Waals surface area contributed by atoms with Crippen LogP contribution < -0.4 is 11.1 Å². The molecule has 114 valence electrons. The highest BCUT2D eigenvalue weighted by atomic mass is 32.1. The van der Waals surface area contributed by atoms with E-state index in [4.69, 9.17) is 18.0 Å². The minimum absolute atomic E-state index is 0.0709. The first-order chi connectivity index (χ1) is 10.0. The second-order valence-electron chi connectivity index (χ2n) is 5.32. The number of nitrogens with zero attached hydrogens (tertiary/aromatic N) is 1. The summed E-state index contributed by atoms with van der Waals surface area (Å²) in [7, 11) is 0. The number of benzene rings is 1. The van der Waals surface area contributed by atoms with Gasteiger partial charge < -0.3 is 16.2 Å². The Bertz CT molecular complexity index is 518. The van der Waals surface area contributed by atoms with E-state index >= 15 is 0 Å². The molecule has 21 heavy (non-hydrogen) atoms. The summed E-state index contributed by atoms with van der Waals surface area (Å²) in [5.41, 5.74) is 7.03. The van der Waals surface area contributed by atoms with Crippen molar-refractivity contribution in [2.75, 3.05) is 18.5 Å². The summed E-state index contributed by atoms with van der Waals surface area (Å²) >= 11 is 4.89. The monoisotopic (exact) mass is 307 g/mol. The Kier molecular flexibility index (Phi) is 5.27. The van der Waals surface area contributed by atoms with E-state index in [9.17, 15) is 9.90 Å². The SMILES string of the molecule is CC(C(=O)Nc1ccc(C(N)=S)cc1)N1CCCC1CO. The Hall–Kier alpha value is -1.50. The van der Waals surface area contributed by atoms with Crippen molar-refractivity contribution < 1.29 is 9.90 Å². The van der Waals surface area contributed by atoms with Crippen molar-refractivity contribution in [3.05, 3.63) is 29.8 Å². The minimum Gasteiger partial charge on any atom is -0.395 e. The van der Waals surface area contributed by atoms with Crippen LogP contribution in [0.25, 0.3) is 0 Å². The van der Waals surface area contributed by atoms with Crippen LogP contribution in [0.15, 0.2) is 24.3 Å². The summed E-state index contributed by atoms with van der Waals surface area (Å²) in [6.45, 7) is 2.81. The summed E-state index contributed by atoms with van der Waals surface area (Å²) in [5.74, 6) is -0.0709. The van der Waals surface area contributed by atoms with Gasteiger partial charge in [0.15, 0.2) is 0 Å². The van der Waals surface area contributed by atoms with E-state index in [1.54, 1.807) is 24.3 Å². The van der Waals surface area contributed by atoms with Gasteiger partial charge in [-0.15, -0.1) is 0 Å². The van der Waals surface area contributed by atoms with Crippen LogP contribution in [-0.2, 0) is 4.79 Å². The fraction of sp³-hybridized carbons (Fsp3) is 0.467. The Morgan fingerprint density at radius 3 is 2.76 bits per heavy atom. The van der Waals surface area contributed by atoms with E-state index in [0.717, 1.165) is 24.9 Å². The van der Waals surface area contributed by atoms with Gasteiger partial charge in [-0.1, -0.05) is 12.2 Å².